The number of sulfonamides is 1. The number of nitrogens with zero attached hydrogens (tertiary/aromatic N) is 2. The van der Waals surface area contributed by atoms with Crippen LogP contribution in [0.4, 0.5) is 8.78 Å². The van der Waals surface area contributed by atoms with Gasteiger partial charge in [0.15, 0.2) is 0 Å². The van der Waals surface area contributed by atoms with E-state index in [1.54, 1.807) is 11.0 Å². The molecule has 0 spiro atoms. The SMILES string of the molecule is CN(CC(=O)N1CC=C(c2c[nH]c3cc(F)ccc23)CC1)S(=O)(=O)c1ccc(F)cc1. The molecular weight excluding hydrogens is 424 g/mol. The second kappa shape index (κ2) is 8.24. The summed E-state index contributed by atoms with van der Waals surface area (Å²) in [5.74, 6) is -1.16. The molecule has 0 bridgehead atoms. The van der Waals surface area contributed by atoms with Gasteiger partial charge in [0.25, 0.3) is 0 Å². The minimum atomic E-state index is -3.89. The molecule has 31 heavy (non-hydrogen) atoms. The van der Waals surface area contributed by atoms with Gasteiger partial charge < -0.3 is 9.88 Å². The van der Waals surface area contributed by atoms with Crippen LogP contribution in [0.15, 0.2) is 59.6 Å². The zero-order valence-corrected chi connectivity index (χ0v) is 17.6. The zero-order valence-electron chi connectivity index (χ0n) is 16.8. The highest BCUT2D eigenvalue weighted by molar-refractivity contribution is 7.89. The van der Waals surface area contributed by atoms with Crippen LogP contribution in [-0.4, -0.2) is 55.2 Å². The van der Waals surface area contributed by atoms with E-state index in [0.717, 1.165) is 33.0 Å². The Morgan fingerprint density at radius 3 is 2.52 bits per heavy atom. The Morgan fingerprint density at radius 2 is 1.84 bits per heavy atom. The lowest BCUT2D eigenvalue weighted by molar-refractivity contribution is -0.130. The standard InChI is InChI=1S/C22H21F2N3O3S/c1-26(31(29,30)18-5-2-16(23)3-6-18)14-22(28)27-10-8-15(9-11-27)20-13-25-21-12-17(24)4-7-19(20)21/h2-8,12-13,25H,9-11,14H2,1H3. The van der Waals surface area contributed by atoms with Crippen LogP contribution in [0.25, 0.3) is 16.5 Å². The van der Waals surface area contributed by atoms with E-state index < -0.39 is 15.8 Å². The minimum Gasteiger partial charge on any atom is -0.360 e. The Bertz CT molecular complexity index is 1270. The molecule has 0 saturated carbocycles. The Balaban J connectivity index is 1.44. The van der Waals surface area contributed by atoms with Crippen molar-refractivity contribution in [3.8, 4) is 0 Å². The Labute approximate surface area is 178 Å². The molecule has 0 radical (unpaired) electrons. The highest BCUT2D eigenvalue weighted by atomic mass is 32.2. The molecule has 1 aliphatic rings. The van der Waals surface area contributed by atoms with Gasteiger partial charge in [-0.1, -0.05) is 6.08 Å². The van der Waals surface area contributed by atoms with Crippen LogP contribution in [0.2, 0.25) is 0 Å². The number of halogens is 2. The summed E-state index contributed by atoms with van der Waals surface area (Å²) < 4.78 is 52.7. The number of rotatable bonds is 5. The second-order valence-electron chi connectivity index (χ2n) is 7.43. The average Bonchev–Trinajstić information content (AvgIpc) is 3.17. The van der Waals surface area contributed by atoms with E-state index in [1.807, 2.05) is 12.3 Å². The number of benzene rings is 2. The van der Waals surface area contributed by atoms with E-state index in [2.05, 4.69) is 4.98 Å². The van der Waals surface area contributed by atoms with E-state index in [1.165, 1.54) is 31.3 Å². The highest BCUT2D eigenvalue weighted by Crippen LogP contribution is 2.29. The Hall–Kier alpha value is -3.04. The smallest absolute Gasteiger partial charge is 0.243 e. The molecule has 4 rings (SSSR count). The molecule has 0 aliphatic carbocycles. The summed E-state index contributed by atoms with van der Waals surface area (Å²) in [7, 11) is -2.57. The van der Waals surface area contributed by atoms with Crippen LogP contribution in [0, 0.1) is 11.6 Å². The molecule has 162 valence electrons. The maximum atomic E-state index is 13.4. The van der Waals surface area contributed by atoms with E-state index in [4.69, 9.17) is 0 Å². The van der Waals surface area contributed by atoms with Crippen molar-refractivity contribution >= 4 is 32.4 Å². The summed E-state index contributed by atoms with van der Waals surface area (Å²) >= 11 is 0. The van der Waals surface area contributed by atoms with Crippen molar-refractivity contribution in [3.63, 3.8) is 0 Å². The Kier molecular flexibility index (Phi) is 5.63. The number of carbonyl (C=O) groups excluding carboxylic acids is 1. The number of aromatic nitrogens is 1. The van der Waals surface area contributed by atoms with Crippen molar-refractivity contribution in [1.29, 1.82) is 0 Å². The summed E-state index contributed by atoms with van der Waals surface area (Å²) in [6.07, 6.45) is 4.36. The number of aromatic amines is 1. The summed E-state index contributed by atoms with van der Waals surface area (Å²) in [4.78, 5) is 17.3. The summed E-state index contributed by atoms with van der Waals surface area (Å²) in [6.45, 7) is 0.491. The van der Waals surface area contributed by atoms with Crippen molar-refractivity contribution in [2.75, 3.05) is 26.7 Å². The third kappa shape index (κ3) is 4.24. The molecule has 1 aliphatic heterocycles. The molecule has 1 amide bonds. The summed E-state index contributed by atoms with van der Waals surface area (Å²) in [5.41, 5.74) is 2.73. The molecule has 9 heteroatoms. The topological polar surface area (TPSA) is 73.5 Å². The van der Waals surface area contributed by atoms with Gasteiger partial charge in [0, 0.05) is 42.8 Å². The molecule has 2 aromatic carbocycles. The van der Waals surface area contributed by atoms with Gasteiger partial charge in [-0.3, -0.25) is 4.79 Å². The number of fused-ring (bicyclic) bond motifs is 1. The van der Waals surface area contributed by atoms with Gasteiger partial charge >= 0.3 is 0 Å². The largest absolute Gasteiger partial charge is 0.360 e. The van der Waals surface area contributed by atoms with Gasteiger partial charge in [-0.05, 0) is 54.5 Å². The molecule has 2 heterocycles. The van der Waals surface area contributed by atoms with Gasteiger partial charge in [-0.15, -0.1) is 0 Å². The maximum absolute atomic E-state index is 13.4. The van der Waals surface area contributed by atoms with Crippen LogP contribution in [0.5, 0.6) is 0 Å². The van der Waals surface area contributed by atoms with E-state index >= 15 is 0 Å². The fraction of sp³-hybridized carbons (Fsp3) is 0.227. The van der Waals surface area contributed by atoms with Crippen molar-refractivity contribution < 1.29 is 22.0 Å². The van der Waals surface area contributed by atoms with Crippen molar-refractivity contribution in [2.24, 2.45) is 0 Å². The first kappa shape index (κ1) is 21.2. The normalized spacial score (nSPS) is 14.8. The number of likely N-dealkylation sites (N-methyl/N-ethyl adjacent to an activating group) is 1. The van der Waals surface area contributed by atoms with Crippen molar-refractivity contribution in [3.05, 3.63) is 71.9 Å². The molecule has 0 unspecified atom stereocenters. The number of H-pyrrole nitrogens is 1. The third-order valence-electron chi connectivity index (χ3n) is 5.43. The third-order valence-corrected chi connectivity index (χ3v) is 7.25. The average molecular weight is 445 g/mol. The molecule has 0 saturated heterocycles. The first-order valence-electron chi connectivity index (χ1n) is 9.71. The van der Waals surface area contributed by atoms with Crippen LogP contribution in [0.1, 0.15) is 12.0 Å². The maximum Gasteiger partial charge on any atom is 0.243 e. The number of hydrogen-bond donors (Lipinski definition) is 1. The fourth-order valence-electron chi connectivity index (χ4n) is 3.67. The predicted molar refractivity (Wildman–Crippen MR) is 114 cm³/mol. The first-order valence-corrected chi connectivity index (χ1v) is 11.2. The number of amides is 1. The lowest BCUT2D eigenvalue weighted by atomic mass is 9.99. The number of carbonyl (C=O) groups is 1. The summed E-state index contributed by atoms with van der Waals surface area (Å²) in [5, 5.41) is 0.914. The van der Waals surface area contributed by atoms with Gasteiger partial charge in [0.05, 0.1) is 11.4 Å². The predicted octanol–water partition coefficient (Wildman–Crippen LogP) is 3.38. The lowest BCUT2D eigenvalue weighted by Crippen LogP contribution is -2.42. The molecule has 0 atom stereocenters. The molecule has 1 aromatic heterocycles. The first-order chi connectivity index (χ1) is 14.8. The summed E-state index contributed by atoms with van der Waals surface area (Å²) in [6, 6.07) is 9.07. The minimum absolute atomic E-state index is 0.0687. The van der Waals surface area contributed by atoms with Crippen molar-refractivity contribution in [1.82, 2.24) is 14.2 Å². The van der Waals surface area contributed by atoms with Gasteiger partial charge in [0.1, 0.15) is 11.6 Å². The van der Waals surface area contributed by atoms with Gasteiger partial charge in [-0.25, -0.2) is 17.2 Å². The van der Waals surface area contributed by atoms with Crippen LogP contribution < -0.4 is 0 Å². The van der Waals surface area contributed by atoms with E-state index in [-0.39, 0.29) is 23.2 Å². The fourth-order valence-corrected chi connectivity index (χ4v) is 4.79. The van der Waals surface area contributed by atoms with E-state index in [0.29, 0.717) is 25.0 Å². The second-order valence-corrected chi connectivity index (χ2v) is 9.47. The van der Waals surface area contributed by atoms with E-state index in [9.17, 15) is 22.0 Å². The van der Waals surface area contributed by atoms with Gasteiger partial charge in [0.2, 0.25) is 15.9 Å². The van der Waals surface area contributed by atoms with Crippen molar-refractivity contribution in [2.45, 2.75) is 11.3 Å². The molecule has 6 nitrogen and oxygen atoms in total. The highest BCUT2D eigenvalue weighted by Gasteiger charge is 2.26. The number of hydrogen-bond acceptors (Lipinski definition) is 3. The van der Waals surface area contributed by atoms with Crippen LogP contribution in [0.3, 0.4) is 0 Å². The molecule has 0 fully saturated rings. The Morgan fingerprint density at radius 1 is 1.13 bits per heavy atom. The molecular formula is C22H21F2N3O3S. The van der Waals surface area contributed by atoms with Gasteiger partial charge in [-0.2, -0.15) is 4.31 Å². The zero-order chi connectivity index (χ0) is 22.2. The van der Waals surface area contributed by atoms with Crippen LogP contribution >= 0.6 is 0 Å². The molecule has 3 aromatic rings. The monoisotopic (exact) mass is 445 g/mol. The quantitative estimate of drug-likeness (QED) is 0.654. The lowest BCUT2D eigenvalue weighted by Gasteiger charge is -2.28. The van der Waals surface area contributed by atoms with Crippen LogP contribution in [-0.2, 0) is 14.8 Å². The number of nitrogens with one attached hydrogen (secondary N) is 1. The molecule has 1 N–H and O–H groups in total.